The van der Waals surface area contributed by atoms with Crippen molar-refractivity contribution in [1.29, 1.82) is 0 Å². The van der Waals surface area contributed by atoms with Crippen LogP contribution in [0.15, 0.2) is 24.3 Å². The number of benzene rings is 1. The van der Waals surface area contributed by atoms with E-state index in [2.05, 4.69) is 33.0 Å². The molecule has 2 rings (SSSR count). The molecule has 4 heteroatoms. The van der Waals surface area contributed by atoms with Crippen LogP contribution in [0.3, 0.4) is 0 Å². The Hall–Kier alpha value is -0.640. The lowest BCUT2D eigenvalue weighted by atomic mass is 10.1. The maximum Gasteiger partial charge on any atom is 0.130 e. The van der Waals surface area contributed by atoms with Gasteiger partial charge < -0.3 is 4.74 Å². The van der Waals surface area contributed by atoms with Crippen molar-refractivity contribution in [3.05, 3.63) is 40.5 Å². The zero-order valence-corrected chi connectivity index (χ0v) is 11.2. The van der Waals surface area contributed by atoms with Crippen molar-refractivity contribution in [1.82, 2.24) is 4.98 Å². The highest BCUT2D eigenvalue weighted by molar-refractivity contribution is 9.08. The Morgan fingerprint density at radius 1 is 1.38 bits per heavy atom. The number of hydrogen-bond donors (Lipinski definition) is 0. The van der Waals surface area contributed by atoms with Crippen LogP contribution in [-0.4, -0.2) is 12.1 Å². The molecule has 0 aliphatic carbocycles. The molecule has 0 amide bonds. The van der Waals surface area contributed by atoms with Gasteiger partial charge >= 0.3 is 0 Å². The maximum atomic E-state index is 5.98. The molecule has 1 aromatic heterocycles. The summed E-state index contributed by atoms with van der Waals surface area (Å²) in [5.41, 5.74) is 3.17. The van der Waals surface area contributed by atoms with Gasteiger partial charge in [-0.25, -0.2) is 4.98 Å². The van der Waals surface area contributed by atoms with Crippen molar-refractivity contribution < 1.29 is 4.74 Å². The lowest BCUT2D eigenvalue weighted by Gasteiger charge is -2.07. The first kappa shape index (κ1) is 11.8. The number of halogens is 2. The predicted octanol–water partition coefficient (Wildman–Crippen LogP) is 3.93. The third kappa shape index (κ3) is 2.37. The van der Waals surface area contributed by atoms with Gasteiger partial charge in [0, 0.05) is 17.8 Å². The average Bonchev–Trinajstić information content (AvgIpc) is 2.28. The molecule has 84 valence electrons. The fourth-order valence-electron chi connectivity index (χ4n) is 1.67. The summed E-state index contributed by atoms with van der Waals surface area (Å²) in [6, 6.07) is 8.02. The van der Waals surface area contributed by atoms with Crippen LogP contribution in [0.1, 0.15) is 11.1 Å². The van der Waals surface area contributed by atoms with E-state index in [0.29, 0.717) is 11.8 Å². The molecule has 0 saturated heterocycles. The van der Waals surface area contributed by atoms with Gasteiger partial charge in [0.2, 0.25) is 0 Å². The molecule has 0 saturated carbocycles. The monoisotopic (exact) mass is 299 g/mol. The first-order chi connectivity index (χ1) is 7.74. The SMILES string of the molecule is COCc1cc(Cl)nc2cc(CBr)ccc12. The highest BCUT2D eigenvalue weighted by Gasteiger charge is 2.05. The number of nitrogens with zero attached hydrogens (tertiary/aromatic N) is 1. The van der Waals surface area contributed by atoms with Crippen LogP contribution in [0.5, 0.6) is 0 Å². The van der Waals surface area contributed by atoms with E-state index < -0.39 is 0 Å². The van der Waals surface area contributed by atoms with Gasteiger partial charge in [0.05, 0.1) is 12.1 Å². The van der Waals surface area contributed by atoms with Crippen molar-refractivity contribution in [2.45, 2.75) is 11.9 Å². The third-order valence-corrected chi connectivity index (χ3v) is 3.22. The van der Waals surface area contributed by atoms with Gasteiger partial charge in [-0.1, -0.05) is 39.7 Å². The standard InChI is InChI=1S/C12H11BrClNO/c1-16-7-9-5-12(14)15-11-4-8(6-13)2-3-10(9)11/h2-5H,6-7H2,1H3. The quantitative estimate of drug-likeness (QED) is 0.633. The Morgan fingerprint density at radius 3 is 2.88 bits per heavy atom. The van der Waals surface area contributed by atoms with Gasteiger partial charge in [-0.3, -0.25) is 0 Å². The van der Waals surface area contributed by atoms with Gasteiger partial charge in [0.25, 0.3) is 0 Å². The second kappa shape index (κ2) is 5.13. The summed E-state index contributed by atoms with van der Waals surface area (Å²) in [6.07, 6.45) is 0. The zero-order valence-electron chi connectivity index (χ0n) is 8.84. The molecular weight excluding hydrogens is 289 g/mol. The number of fused-ring (bicyclic) bond motifs is 1. The third-order valence-electron chi connectivity index (χ3n) is 2.38. The summed E-state index contributed by atoms with van der Waals surface area (Å²) < 4.78 is 5.15. The van der Waals surface area contributed by atoms with E-state index in [9.17, 15) is 0 Å². The van der Waals surface area contributed by atoms with Crippen LogP contribution < -0.4 is 0 Å². The normalized spacial score (nSPS) is 10.9. The number of rotatable bonds is 3. The average molecular weight is 301 g/mol. The number of methoxy groups -OCH3 is 1. The second-order valence-corrected chi connectivity index (χ2v) is 4.47. The smallest absolute Gasteiger partial charge is 0.130 e. The Labute approximate surface area is 108 Å². The molecular formula is C12H11BrClNO. The van der Waals surface area contributed by atoms with E-state index in [-0.39, 0.29) is 0 Å². The second-order valence-electron chi connectivity index (χ2n) is 3.52. The van der Waals surface area contributed by atoms with Crippen molar-refractivity contribution >= 4 is 38.4 Å². The Morgan fingerprint density at radius 2 is 2.19 bits per heavy atom. The number of hydrogen-bond acceptors (Lipinski definition) is 2. The molecule has 0 unspecified atom stereocenters. The van der Waals surface area contributed by atoms with Crippen LogP contribution in [0.4, 0.5) is 0 Å². The molecule has 0 bridgehead atoms. The van der Waals surface area contributed by atoms with Crippen molar-refractivity contribution in [3.8, 4) is 0 Å². The highest BCUT2D eigenvalue weighted by Crippen LogP contribution is 2.23. The van der Waals surface area contributed by atoms with Crippen LogP contribution in [-0.2, 0) is 16.7 Å². The number of ether oxygens (including phenoxy) is 1. The van der Waals surface area contributed by atoms with E-state index in [4.69, 9.17) is 16.3 Å². The lowest BCUT2D eigenvalue weighted by Crippen LogP contribution is -1.93. The number of pyridine rings is 1. The van der Waals surface area contributed by atoms with Crippen molar-refractivity contribution in [2.24, 2.45) is 0 Å². The molecule has 1 aromatic carbocycles. The summed E-state index contributed by atoms with van der Waals surface area (Å²) in [5.74, 6) is 0. The predicted molar refractivity (Wildman–Crippen MR) is 70.1 cm³/mol. The van der Waals surface area contributed by atoms with Gasteiger partial charge in [-0.05, 0) is 23.3 Å². The Kier molecular flexibility index (Phi) is 3.79. The largest absolute Gasteiger partial charge is 0.380 e. The molecule has 0 aliphatic rings. The van der Waals surface area contributed by atoms with Crippen LogP contribution in [0.25, 0.3) is 10.9 Å². The summed E-state index contributed by atoms with van der Waals surface area (Å²) in [5, 5.41) is 2.42. The Balaban J connectivity index is 2.63. The summed E-state index contributed by atoms with van der Waals surface area (Å²) in [6.45, 7) is 0.548. The molecule has 0 spiro atoms. The fourth-order valence-corrected chi connectivity index (χ4v) is 2.24. The molecule has 0 atom stereocenters. The first-order valence-electron chi connectivity index (χ1n) is 4.87. The minimum Gasteiger partial charge on any atom is -0.380 e. The summed E-state index contributed by atoms with van der Waals surface area (Å²) >= 11 is 9.40. The van der Waals surface area contributed by atoms with Crippen LogP contribution in [0.2, 0.25) is 5.15 Å². The molecule has 0 radical (unpaired) electrons. The molecule has 0 fully saturated rings. The number of aromatic nitrogens is 1. The lowest BCUT2D eigenvalue weighted by molar-refractivity contribution is 0.186. The highest BCUT2D eigenvalue weighted by atomic mass is 79.9. The minimum atomic E-state index is 0.506. The Bertz CT molecular complexity index is 516. The van der Waals surface area contributed by atoms with Gasteiger partial charge in [-0.15, -0.1) is 0 Å². The molecule has 16 heavy (non-hydrogen) atoms. The van der Waals surface area contributed by atoms with E-state index in [1.807, 2.05) is 12.1 Å². The molecule has 1 heterocycles. The van der Waals surface area contributed by atoms with Gasteiger partial charge in [0.15, 0.2) is 0 Å². The van der Waals surface area contributed by atoms with Crippen molar-refractivity contribution in [2.75, 3.05) is 7.11 Å². The number of alkyl halides is 1. The first-order valence-corrected chi connectivity index (χ1v) is 6.37. The molecule has 0 aliphatic heterocycles. The summed E-state index contributed by atoms with van der Waals surface area (Å²) in [4.78, 5) is 4.32. The van der Waals surface area contributed by atoms with E-state index in [0.717, 1.165) is 21.8 Å². The van der Waals surface area contributed by atoms with E-state index >= 15 is 0 Å². The van der Waals surface area contributed by atoms with Gasteiger partial charge in [-0.2, -0.15) is 0 Å². The molecule has 0 N–H and O–H groups in total. The van der Waals surface area contributed by atoms with Crippen LogP contribution >= 0.6 is 27.5 Å². The zero-order chi connectivity index (χ0) is 11.5. The molecule has 2 aromatic rings. The topological polar surface area (TPSA) is 22.1 Å². The fraction of sp³-hybridized carbons (Fsp3) is 0.250. The van der Waals surface area contributed by atoms with Crippen LogP contribution in [0, 0.1) is 0 Å². The molecule has 2 nitrogen and oxygen atoms in total. The maximum absolute atomic E-state index is 5.98. The van der Waals surface area contributed by atoms with Crippen molar-refractivity contribution in [3.63, 3.8) is 0 Å². The van der Waals surface area contributed by atoms with Gasteiger partial charge in [0.1, 0.15) is 5.15 Å². The van der Waals surface area contributed by atoms with E-state index in [1.165, 1.54) is 5.56 Å². The summed E-state index contributed by atoms with van der Waals surface area (Å²) in [7, 11) is 1.67. The minimum absolute atomic E-state index is 0.506. The van der Waals surface area contributed by atoms with E-state index in [1.54, 1.807) is 7.11 Å².